The van der Waals surface area contributed by atoms with Crippen molar-refractivity contribution in [3.05, 3.63) is 45.3 Å². The Bertz CT molecular complexity index is 957. The molecule has 0 saturated heterocycles. The van der Waals surface area contributed by atoms with Crippen LogP contribution in [0.15, 0.2) is 12.1 Å². The average molecular weight is 405 g/mol. The molecule has 0 fully saturated rings. The molecule has 0 atom stereocenters. The van der Waals surface area contributed by atoms with Crippen LogP contribution in [-0.2, 0) is 24.1 Å². The number of anilines is 2. The first kappa shape index (κ1) is 18.9. The molecule has 0 saturated carbocycles. The Hall–Kier alpha value is -2.48. The first-order valence-corrected chi connectivity index (χ1v) is 10.2. The number of primary amides is 1. The average Bonchev–Trinajstić information content (AvgIpc) is 2.98. The highest BCUT2D eigenvalue weighted by Crippen LogP contribution is 2.38. The number of rotatable bonds is 4. The van der Waals surface area contributed by atoms with Gasteiger partial charge >= 0.3 is 0 Å². The Balaban J connectivity index is 1.56. The summed E-state index contributed by atoms with van der Waals surface area (Å²) in [5.74, 6) is -2.16. The van der Waals surface area contributed by atoms with Crippen molar-refractivity contribution in [1.29, 1.82) is 0 Å². The van der Waals surface area contributed by atoms with Gasteiger partial charge in [0, 0.05) is 17.5 Å². The zero-order chi connectivity index (χ0) is 19.8. The van der Waals surface area contributed by atoms with E-state index in [2.05, 4.69) is 5.32 Å². The van der Waals surface area contributed by atoms with Crippen molar-refractivity contribution in [1.82, 2.24) is 0 Å². The molecule has 4 rings (SSSR count). The van der Waals surface area contributed by atoms with Crippen molar-refractivity contribution in [3.8, 4) is 0 Å². The first-order valence-electron chi connectivity index (χ1n) is 9.41. The highest BCUT2D eigenvalue weighted by Gasteiger charge is 2.27. The fraction of sp³-hybridized carbons (Fsp3) is 0.400. The predicted molar refractivity (Wildman–Crippen MR) is 105 cm³/mol. The number of nitrogens with one attached hydrogen (secondary N) is 1. The van der Waals surface area contributed by atoms with E-state index in [0.29, 0.717) is 35.5 Å². The van der Waals surface area contributed by atoms with Gasteiger partial charge in [-0.1, -0.05) is 0 Å². The Kier molecular flexibility index (Phi) is 5.05. The summed E-state index contributed by atoms with van der Waals surface area (Å²) in [7, 11) is 0. The highest BCUT2D eigenvalue weighted by molar-refractivity contribution is 7.17. The number of carbonyl (C=O) groups is 2. The summed E-state index contributed by atoms with van der Waals surface area (Å²) < 4.78 is 27.8. The van der Waals surface area contributed by atoms with Crippen LogP contribution in [0.4, 0.5) is 19.5 Å². The standard InChI is InChI=1S/C20H21F2N3O2S/c21-12-8-11-4-3-7-25(18(11)14(22)9-12)10-16(26)24-20-17(19(23)27)13-5-1-2-6-15(13)28-20/h8-9H,1-7,10H2,(H2,23,27)(H,24,26). The number of nitrogens with zero attached hydrogens (tertiary/aromatic N) is 1. The monoisotopic (exact) mass is 405 g/mol. The fourth-order valence-corrected chi connectivity index (χ4v) is 5.46. The number of benzene rings is 1. The van der Waals surface area contributed by atoms with E-state index < -0.39 is 17.5 Å². The molecule has 1 aliphatic heterocycles. The van der Waals surface area contributed by atoms with Gasteiger partial charge in [-0.15, -0.1) is 11.3 Å². The SMILES string of the molecule is NC(=O)c1c(NC(=O)CN2CCCc3cc(F)cc(F)c32)sc2c1CCCC2. The van der Waals surface area contributed by atoms with E-state index in [4.69, 9.17) is 5.73 Å². The van der Waals surface area contributed by atoms with Gasteiger partial charge in [-0.2, -0.15) is 0 Å². The normalized spacial score (nSPS) is 15.7. The molecule has 0 bridgehead atoms. The quantitative estimate of drug-likeness (QED) is 0.819. The third-order valence-electron chi connectivity index (χ3n) is 5.30. The number of nitrogens with two attached hydrogens (primary N) is 1. The lowest BCUT2D eigenvalue weighted by Crippen LogP contribution is -2.37. The molecule has 2 aromatic rings. The number of hydrogen-bond donors (Lipinski definition) is 2. The van der Waals surface area contributed by atoms with Crippen molar-refractivity contribution in [2.45, 2.75) is 38.5 Å². The van der Waals surface area contributed by atoms with E-state index in [-0.39, 0.29) is 18.1 Å². The number of fused-ring (bicyclic) bond motifs is 2. The highest BCUT2D eigenvalue weighted by atomic mass is 32.1. The van der Waals surface area contributed by atoms with Crippen LogP contribution in [0.2, 0.25) is 0 Å². The second-order valence-electron chi connectivity index (χ2n) is 7.25. The molecular formula is C20H21F2N3O2S. The Morgan fingerprint density at radius 3 is 2.71 bits per heavy atom. The van der Waals surface area contributed by atoms with Gasteiger partial charge in [-0.05, 0) is 55.7 Å². The number of hydrogen-bond acceptors (Lipinski definition) is 4. The van der Waals surface area contributed by atoms with Gasteiger partial charge in [0.1, 0.15) is 16.6 Å². The smallest absolute Gasteiger partial charge is 0.251 e. The summed E-state index contributed by atoms with van der Waals surface area (Å²) in [5, 5.41) is 3.27. The molecule has 0 unspecified atom stereocenters. The number of aryl methyl sites for hydroxylation is 2. The van der Waals surface area contributed by atoms with Crippen LogP contribution in [-0.4, -0.2) is 24.9 Å². The Morgan fingerprint density at radius 2 is 1.93 bits per heavy atom. The zero-order valence-corrected chi connectivity index (χ0v) is 16.1. The zero-order valence-electron chi connectivity index (χ0n) is 15.3. The molecule has 8 heteroatoms. The maximum absolute atomic E-state index is 14.3. The molecular weight excluding hydrogens is 384 g/mol. The maximum Gasteiger partial charge on any atom is 0.251 e. The number of thiophene rings is 1. The minimum absolute atomic E-state index is 0.0731. The summed E-state index contributed by atoms with van der Waals surface area (Å²) in [6.45, 7) is 0.433. The summed E-state index contributed by atoms with van der Waals surface area (Å²) >= 11 is 1.40. The molecule has 2 aliphatic rings. The Labute approximate surface area is 165 Å². The van der Waals surface area contributed by atoms with Crippen molar-refractivity contribution in [2.24, 2.45) is 5.73 Å². The third kappa shape index (κ3) is 3.48. The second-order valence-corrected chi connectivity index (χ2v) is 8.35. The minimum atomic E-state index is -0.660. The van der Waals surface area contributed by atoms with E-state index >= 15 is 0 Å². The van der Waals surface area contributed by atoms with Crippen molar-refractivity contribution < 1.29 is 18.4 Å². The van der Waals surface area contributed by atoms with E-state index in [9.17, 15) is 18.4 Å². The summed E-state index contributed by atoms with van der Waals surface area (Å²) in [4.78, 5) is 27.3. The van der Waals surface area contributed by atoms with Crippen molar-refractivity contribution in [2.75, 3.05) is 23.3 Å². The molecule has 2 amide bonds. The number of carbonyl (C=O) groups excluding carboxylic acids is 2. The van der Waals surface area contributed by atoms with Gasteiger partial charge in [0.15, 0.2) is 0 Å². The van der Waals surface area contributed by atoms with Crippen LogP contribution in [0, 0.1) is 11.6 Å². The second kappa shape index (κ2) is 7.50. The van der Waals surface area contributed by atoms with Crippen LogP contribution in [0.5, 0.6) is 0 Å². The van der Waals surface area contributed by atoms with E-state index in [1.165, 1.54) is 17.4 Å². The van der Waals surface area contributed by atoms with Crippen LogP contribution in [0.1, 0.15) is 45.6 Å². The molecule has 1 aromatic heterocycles. The van der Waals surface area contributed by atoms with Crippen molar-refractivity contribution >= 4 is 33.8 Å². The van der Waals surface area contributed by atoms with Crippen LogP contribution < -0.4 is 16.0 Å². The molecule has 3 N–H and O–H groups in total. The maximum atomic E-state index is 14.3. The van der Waals surface area contributed by atoms with E-state index in [1.807, 2.05) is 0 Å². The molecule has 2 heterocycles. The molecule has 0 spiro atoms. The Morgan fingerprint density at radius 1 is 1.14 bits per heavy atom. The van der Waals surface area contributed by atoms with Crippen LogP contribution in [0.25, 0.3) is 0 Å². The van der Waals surface area contributed by atoms with Gasteiger partial charge in [0.05, 0.1) is 17.8 Å². The third-order valence-corrected chi connectivity index (χ3v) is 6.51. The van der Waals surface area contributed by atoms with E-state index in [1.54, 1.807) is 4.90 Å². The van der Waals surface area contributed by atoms with Gasteiger partial charge in [0.25, 0.3) is 5.91 Å². The van der Waals surface area contributed by atoms with Crippen LogP contribution in [0.3, 0.4) is 0 Å². The molecule has 28 heavy (non-hydrogen) atoms. The van der Waals surface area contributed by atoms with Gasteiger partial charge < -0.3 is 16.0 Å². The fourth-order valence-electron chi connectivity index (χ4n) is 4.15. The number of halogens is 2. The van der Waals surface area contributed by atoms with Gasteiger partial charge in [-0.3, -0.25) is 9.59 Å². The van der Waals surface area contributed by atoms with Crippen LogP contribution >= 0.6 is 11.3 Å². The van der Waals surface area contributed by atoms with E-state index in [0.717, 1.165) is 42.2 Å². The van der Waals surface area contributed by atoms with Gasteiger partial charge in [0.2, 0.25) is 5.91 Å². The molecule has 0 radical (unpaired) electrons. The topological polar surface area (TPSA) is 75.4 Å². The lowest BCUT2D eigenvalue weighted by Gasteiger charge is -2.31. The summed E-state index contributed by atoms with van der Waals surface area (Å²) in [6, 6.07) is 2.16. The molecule has 148 valence electrons. The lowest BCUT2D eigenvalue weighted by molar-refractivity contribution is -0.115. The minimum Gasteiger partial charge on any atom is -0.365 e. The largest absolute Gasteiger partial charge is 0.365 e. The molecule has 5 nitrogen and oxygen atoms in total. The molecule has 1 aliphatic carbocycles. The summed E-state index contributed by atoms with van der Waals surface area (Å²) in [6.07, 6.45) is 5.01. The van der Waals surface area contributed by atoms with Crippen molar-refractivity contribution in [3.63, 3.8) is 0 Å². The summed E-state index contributed by atoms with van der Waals surface area (Å²) in [5.41, 5.74) is 7.76. The number of amides is 2. The molecule has 1 aromatic carbocycles. The lowest BCUT2D eigenvalue weighted by atomic mass is 9.95. The first-order chi connectivity index (χ1) is 13.4. The predicted octanol–water partition coefficient (Wildman–Crippen LogP) is 3.40. The van der Waals surface area contributed by atoms with Gasteiger partial charge in [-0.25, -0.2) is 8.78 Å².